The maximum Gasteiger partial charge on any atom is 0.411 e. The molecule has 1 unspecified atom stereocenters. The number of benzene rings is 1. The van der Waals surface area contributed by atoms with E-state index in [4.69, 9.17) is 11.6 Å². The Morgan fingerprint density at radius 2 is 1.89 bits per heavy atom. The molecule has 1 saturated carbocycles. The first kappa shape index (κ1) is 20.4. The molecule has 1 aliphatic carbocycles. The Morgan fingerprint density at radius 1 is 1.21 bits per heavy atom. The molecular formula is C17H16ClF4N3O3. The second kappa shape index (κ2) is 7.23. The van der Waals surface area contributed by atoms with Gasteiger partial charge in [-0.25, -0.2) is 4.39 Å². The molecule has 2 aliphatic rings. The second-order valence-electron chi connectivity index (χ2n) is 6.89. The summed E-state index contributed by atoms with van der Waals surface area (Å²) in [6.45, 7) is -0.0421. The van der Waals surface area contributed by atoms with Gasteiger partial charge in [0, 0.05) is 18.8 Å². The van der Waals surface area contributed by atoms with E-state index < -0.39 is 41.2 Å². The number of halogens is 5. The largest absolute Gasteiger partial charge is 0.411 e. The number of hydrogen-bond acceptors (Lipinski definition) is 3. The lowest BCUT2D eigenvalue weighted by atomic mass is 10.1. The van der Waals surface area contributed by atoms with E-state index in [0.717, 1.165) is 11.0 Å². The van der Waals surface area contributed by atoms with E-state index in [1.807, 2.05) is 0 Å². The summed E-state index contributed by atoms with van der Waals surface area (Å²) in [5, 5.41) is 4.13. The summed E-state index contributed by atoms with van der Waals surface area (Å²) in [5.74, 6) is -4.20. The molecule has 1 aromatic rings. The monoisotopic (exact) mass is 421 g/mol. The van der Waals surface area contributed by atoms with E-state index in [1.165, 1.54) is 12.1 Å². The molecule has 1 atom stereocenters. The van der Waals surface area contributed by atoms with Gasteiger partial charge in [-0.15, -0.1) is 0 Å². The predicted molar refractivity (Wildman–Crippen MR) is 90.9 cm³/mol. The van der Waals surface area contributed by atoms with Crippen molar-refractivity contribution in [2.75, 3.05) is 18.4 Å². The standard InChI is InChI=1S/C17H16ClF4N3O3/c18-11-7-10(1-2-12(11)19)23-13(26)9-3-6-25(8-9)15(28)14(27)24-16(4-5-16)17(20,21)22/h1-2,7,9H,3-6,8H2,(H,23,26)(H,24,27). The number of carbonyl (C=O) groups is 3. The Kier molecular flexibility index (Phi) is 5.26. The number of nitrogens with zero attached hydrogens (tertiary/aromatic N) is 1. The molecule has 1 saturated heterocycles. The van der Waals surface area contributed by atoms with Gasteiger partial charge in [-0.3, -0.25) is 14.4 Å². The topological polar surface area (TPSA) is 78.5 Å². The van der Waals surface area contributed by atoms with Crippen molar-refractivity contribution >= 4 is 35.0 Å². The minimum Gasteiger partial charge on any atom is -0.334 e. The quantitative estimate of drug-likeness (QED) is 0.581. The Morgan fingerprint density at radius 3 is 2.46 bits per heavy atom. The van der Waals surface area contributed by atoms with E-state index in [2.05, 4.69) is 5.32 Å². The van der Waals surface area contributed by atoms with Crippen molar-refractivity contribution in [1.82, 2.24) is 10.2 Å². The van der Waals surface area contributed by atoms with Crippen molar-refractivity contribution in [3.8, 4) is 0 Å². The lowest BCUT2D eigenvalue weighted by molar-refractivity contribution is -0.172. The van der Waals surface area contributed by atoms with Crippen LogP contribution < -0.4 is 10.6 Å². The summed E-state index contributed by atoms with van der Waals surface area (Å²) in [5.41, 5.74) is -2.06. The molecular weight excluding hydrogens is 406 g/mol. The number of rotatable bonds is 3. The minimum atomic E-state index is -4.62. The first-order valence-corrected chi connectivity index (χ1v) is 8.84. The lowest BCUT2D eigenvalue weighted by Gasteiger charge is -2.22. The van der Waals surface area contributed by atoms with Crippen LogP contribution in [0.5, 0.6) is 0 Å². The molecule has 6 nitrogen and oxygen atoms in total. The van der Waals surface area contributed by atoms with Crippen LogP contribution in [0.15, 0.2) is 18.2 Å². The molecule has 1 heterocycles. The van der Waals surface area contributed by atoms with Crippen LogP contribution >= 0.6 is 11.6 Å². The maximum atomic E-state index is 13.2. The zero-order valence-corrected chi connectivity index (χ0v) is 15.2. The van der Waals surface area contributed by atoms with Crippen LogP contribution in [0.1, 0.15) is 19.3 Å². The van der Waals surface area contributed by atoms with Gasteiger partial charge in [-0.2, -0.15) is 13.2 Å². The van der Waals surface area contributed by atoms with Gasteiger partial charge in [0.25, 0.3) is 0 Å². The van der Waals surface area contributed by atoms with Gasteiger partial charge in [-0.05, 0) is 37.5 Å². The summed E-state index contributed by atoms with van der Waals surface area (Å²) < 4.78 is 51.9. The van der Waals surface area contributed by atoms with Crippen LogP contribution in [0.4, 0.5) is 23.2 Å². The molecule has 0 bridgehead atoms. The highest BCUT2D eigenvalue weighted by atomic mass is 35.5. The predicted octanol–water partition coefficient (Wildman–Crippen LogP) is 2.48. The van der Waals surface area contributed by atoms with Gasteiger partial charge in [0.1, 0.15) is 11.4 Å². The summed E-state index contributed by atoms with van der Waals surface area (Å²) in [7, 11) is 0. The van der Waals surface area contributed by atoms with Crippen molar-refractivity contribution in [2.45, 2.75) is 31.0 Å². The van der Waals surface area contributed by atoms with Gasteiger partial charge in [0.15, 0.2) is 0 Å². The van der Waals surface area contributed by atoms with Crippen LogP contribution in [-0.2, 0) is 14.4 Å². The number of amides is 3. The van der Waals surface area contributed by atoms with Crippen LogP contribution in [0, 0.1) is 11.7 Å². The van der Waals surface area contributed by atoms with Gasteiger partial charge in [0.2, 0.25) is 5.91 Å². The third kappa shape index (κ3) is 4.06. The molecule has 2 N–H and O–H groups in total. The molecule has 0 spiro atoms. The second-order valence-corrected chi connectivity index (χ2v) is 7.30. The fourth-order valence-electron chi connectivity index (χ4n) is 3.00. The zero-order chi connectivity index (χ0) is 20.7. The highest BCUT2D eigenvalue weighted by Gasteiger charge is 2.64. The first-order valence-electron chi connectivity index (χ1n) is 8.46. The van der Waals surface area contributed by atoms with Crippen LogP contribution in [0.3, 0.4) is 0 Å². The Balaban J connectivity index is 1.55. The molecule has 0 aromatic heterocycles. The number of carbonyl (C=O) groups excluding carboxylic acids is 3. The van der Waals surface area contributed by atoms with Crippen molar-refractivity contribution in [2.24, 2.45) is 5.92 Å². The Hall–Kier alpha value is -2.36. The van der Waals surface area contributed by atoms with Crippen molar-refractivity contribution in [3.05, 3.63) is 29.0 Å². The van der Waals surface area contributed by atoms with Crippen molar-refractivity contribution in [3.63, 3.8) is 0 Å². The number of anilines is 1. The molecule has 152 valence electrons. The summed E-state index contributed by atoms with van der Waals surface area (Å²) in [6.07, 6.45) is -4.90. The SMILES string of the molecule is O=C(NC1(C(F)(F)F)CC1)C(=O)N1CCC(C(=O)Nc2ccc(F)c(Cl)c2)C1. The van der Waals surface area contributed by atoms with E-state index in [9.17, 15) is 31.9 Å². The summed E-state index contributed by atoms with van der Waals surface area (Å²) in [6, 6.07) is 3.63. The van der Waals surface area contributed by atoms with Crippen LogP contribution in [0.2, 0.25) is 5.02 Å². The average Bonchev–Trinajstić information content (AvgIpc) is 3.24. The third-order valence-corrected chi connectivity index (χ3v) is 5.16. The first-order chi connectivity index (χ1) is 13.0. The number of nitrogens with one attached hydrogen (secondary N) is 2. The van der Waals surface area contributed by atoms with Crippen molar-refractivity contribution < 1.29 is 31.9 Å². The highest BCUT2D eigenvalue weighted by molar-refractivity contribution is 6.35. The highest BCUT2D eigenvalue weighted by Crippen LogP contribution is 2.48. The molecule has 3 rings (SSSR count). The zero-order valence-electron chi connectivity index (χ0n) is 14.4. The van der Waals surface area contributed by atoms with Crippen LogP contribution in [0.25, 0.3) is 0 Å². The molecule has 1 aromatic carbocycles. The molecule has 1 aliphatic heterocycles. The minimum absolute atomic E-state index is 0.0630. The normalized spacial score (nSPS) is 20.6. The van der Waals surface area contributed by atoms with Gasteiger partial charge in [0.05, 0.1) is 10.9 Å². The molecule has 3 amide bonds. The van der Waals surface area contributed by atoms with E-state index in [0.29, 0.717) is 0 Å². The maximum absolute atomic E-state index is 13.2. The van der Waals surface area contributed by atoms with E-state index in [1.54, 1.807) is 5.32 Å². The summed E-state index contributed by atoms with van der Waals surface area (Å²) >= 11 is 5.64. The van der Waals surface area contributed by atoms with Crippen LogP contribution in [-0.4, -0.2) is 47.4 Å². The smallest absolute Gasteiger partial charge is 0.334 e. The number of hydrogen-bond donors (Lipinski definition) is 2. The van der Waals surface area contributed by atoms with Gasteiger partial charge >= 0.3 is 18.0 Å². The number of alkyl halides is 3. The Labute approximate surface area is 162 Å². The molecule has 2 fully saturated rings. The molecule has 0 radical (unpaired) electrons. The average molecular weight is 422 g/mol. The summed E-state index contributed by atoms with van der Waals surface area (Å²) in [4.78, 5) is 37.4. The Bertz CT molecular complexity index is 826. The lowest BCUT2D eigenvalue weighted by Crippen LogP contribution is -2.53. The van der Waals surface area contributed by atoms with Gasteiger partial charge < -0.3 is 15.5 Å². The molecule has 28 heavy (non-hydrogen) atoms. The van der Waals surface area contributed by atoms with Gasteiger partial charge in [-0.1, -0.05) is 11.6 Å². The molecule has 11 heteroatoms. The van der Waals surface area contributed by atoms with Crippen molar-refractivity contribution in [1.29, 1.82) is 0 Å². The number of likely N-dealkylation sites (tertiary alicyclic amines) is 1. The van der Waals surface area contributed by atoms with E-state index >= 15 is 0 Å². The fourth-order valence-corrected chi connectivity index (χ4v) is 3.18. The fraction of sp³-hybridized carbons (Fsp3) is 0.471. The third-order valence-electron chi connectivity index (χ3n) is 4.87. The van der Waals surface area contributed by atoms with E-state index in [-0.39, 0.29) is 43.1 Å².